The first-order valence-electron chi connectivity index (χ1n) is 7.67. The van der Waals surface area contributed by atoms with Gasteiger partial charge in [0.2, 0.25) is 11.8 Å². The molecule has 5 nitrogen and oxygen atoms in total. The van der Waals surface area contributed by atoms with Crippen LogP contribution in [0, 0.1) is 0 Å². The Morgan fingerprint density at radius 2 is 1.96 bits per heavy atom. The van der Waals surface area contributed by atoms with Crippen molar-refractivity contribution in [2.75, 3.05) is 6.54 Å². The van der Waals surface area contributed by atoms with Gasteiger partial charge in [-0.15, -0.1) is 12.4 Å². The maximum absolute atomic E-state index is 12.2. The second-order valence-corrected chi connectivity index (χ2v) is 6.88. The number of amides is 2. The number of nitrogens with one attached hydrogen (secondary N) is 1. The van der Waals surface area contributed by atoms with Gasteiger partial charge in [-0.3, -0.25) is 9.59 Å². The zero-order valence-corrected chi connectivity index (χ0v) is 14.7. The minimum absolute atomic E-state index is 0. The lowest BCUT2D eigenvalue weighted by atomic mass is 10.1. The molecule has 23 heavy (non-hydrogen) atoms. The number of nitrogens with zero attached hydrogens (tertiary/aromatic N) is 1. The highest BCUT2D eigenvalue weighted by atomic mass is 35.5. The Kier molecular flexibility index (Phi) is 6.59. The summed E-state index contributed by atoms with van der Waals surface area (Å²) >= 11 is 0. The second-order valence-electron chi connectivity index (χ2n) is 6.88. The molecule has 1 unspecified atom stereocenters. The molecule has 2 atom stereocenters. The van der Waals surface area contributed by atoms with Crippen molar-refractivity contribution in [2.24, 2.45) is 5.73 Å². The number of likely N-dealkylation sites (tertiary alicyclic amines) is 1. The number of hydrogen-bond acceptors (Lipinski definition) is 3. The number of halogens is 1. The van der Waals surface area contributed by atoms with Gasteiger partial charge in [-0.1, -0.05) is 30.3 Å². The molecule has 2 amide bonds. The van der Waals surface area contributed by atoms with E-state index in [1.165, 1.54) is 0 Å². The summed E-state index contributed by atoms with van der Waals surface area (Å²) < 4.78 is 0. The van der Waals surface area contributed by atoms with Crippen molar-refractivity contribution in [3.05, 3.63) is 35.9 Å². The Bertz CT molecular complexity index is 543. The minimum Gasteiger partial charge on any atom is -0.350 e. The second kappa shape index (κ2) is 7.79. The van der Waals surface area contributed by atoms with E-state index in [0.29, 0.717) is 19.4 Å². The largest absolute Gasteiger partial charge is 0.350 e. The molecule has 2 rings (SSSR count). The standard InChI is InChI=1S/C17H25N3O2.ClH/c1-17(2,3)20-11-13(10-15(20)21)19-16(22)14(18)9-12-7-5-4-6-8-12;/h4-8,13-14H,9-11,18H2,1-3H3,(H,19,22);1H/t13?,14-;/m0./s1. The van der Waals surface area contributed by atoms with E-state index in [4.69, 9.17) is 5.73 Å². The molecule has 1 aromatic rings. The Hall–Kier alpha value is -1.59. The third-order valence-electron chi connectivity index (χ3n) is 3.92. The molecule has 0 aromatic heterocycles. The minimum atomic E-state index is -0.596. The van der Waals surface area contributed by atoms with E-state index in [1.54, 1.807) is 4.90 Å². The van der Waals surface area contributed by atoms with Crippen LogP contribution in [0.25, 0.3) is 0 Å². The molecule has 0 bridgehead atoms. The van der Waals surface area contributed by atoms with Crippen LogP contribution < -0.4 is 11.1 Å². The molecule has 1 aromatic carbocycles. The SMILES string of the molecule is CC(C)(C)N1CC(NC(=O)[C@@H](N)Cc2ccccc2)CC1=O.Cl. The zero-order chi connectivity index (χ0) is 16.3. The topological polar surface area (TPSA) is 75.4 Å². The summed E-state index contributed by atoms with van der Waals surface area (Å²) in [7, 11) is 0. The Balaban J connectivity index is 0.00000264. The molecule has 0 radical (unpaired) electrons. The summed E-state index contributed by atoms with van der Waals surface area (Å²) in [5, 5.41) is 2.90. The molecule has 6 heteroatoms. The molecule has 1 aliphatic rings. The normalized spacial score (nSPS) is 19.2. The lowest BCUT2D eigenvalue weighted by Gasteiger charge is -2.32. The Morgan fingerprint density at radius 3 is 2.48 bits per heavy atom. The van der Waals surface area contributed by atoms with Crippen LogP contribution in [0.4, 0.5) is 0 Å². The molecule has 1 fully saturated rings. The van der Waals surface area contributed by atoms with Crippen LogP contribution in [-0.4, -0.2) is 40.9 Å². The Morgan fingerprint density at radius 1 is 1.35 bits per heavy atom. The van der Waals surface area contributed by atoms with Gasteiger partial charge in [0.1, 0.15) is 0 Å². The summed E-state index contributed by atoms with van der Waals surface area (Å²) in [4.78, 5) is 26.0. The van der Waals surface area contributed by atoms with E-state index >= 15 is 0 Å². The Labute approximate surface area is 144 Å². The smallest absolute Gasteiger partial charge is 0.237 e. The van der Waals surface area contributed by atoms with Gasteiger partial charge in [0.05, 0.1) is 12.1 Å². The third kappa shape index (κ3) is 5.22. The van der Waals surface area contributed by atoms with Crippen molar-refractivity contribution < 1.29 is 9.59 Å². The van der Waals surface area contributed by atoms with Crippen LogP contribution in [0.3, 0.4) is 0 Å². The first kappa shape index (κ1) is 19.5. The molecule has 0 saturated carbocycles. The third-order valence-corrected chi connectivity index (χ3v) is 3.92. The highest BCUT2D eigenvalue weighted by molar-refractivity contribution is 5.85. The van der Waals surface area contributed by atoms with E-state index in [9.17, 15) is 9.59 Å². The van der Waals surface area contributed by atoms with Crippen molar-refractivity contribution in [3.63, 3.8) is 0 Å². The molecule has 1 saturated heterocycles. The lowest BCUT2D eigenvalue weighted by Crippen LogP contribution is -2.48. The van der Waals surface area contributed by atoms with Crippen LogP contribution in [0.15, 0.2) is 30.3 Å². The van der Waals surface area contributed by atoms with E-state index in [0.717, 1.165) is 5.56 Å². The van der Waals surface area contributed by atoms with Gasteiger partial charge in [0, 0.05) is 18.5 Å². The van der Waals surface area contributed by atoms with E-state index in [1.807, 2.05) is 51.1 Å². The fraction of sp³-hybridized carbons (Fsp3) is 0.529. The molecular weight excluding hydrogens is 314 g/mol. The van der Waals surface area contributed by atoms with Crippen molar-refractivity contribution in [3.8, 4) is 0 Å². The molecular formula is C17H26ClN3O2. The van der Waals surface area contributed by atoms with Crippen LogP contribution in [-0.2, 0) is 16.0 Å². The number of rotatable bonds is 4. The quantitative estimate of drug-likeness (QED) is 0.872. The van der Waals surface area contributed by atoms with Gasteiger partial charge in [0.15, 0.2) is 0 Å². The average molecular weight is 340 g/mol. The number of benzene rings is 1. The van der Waals surface area contributed by atoms with Crippen molar-refractivity contribution >= 4 is 24.2 Å². The maximum atomic E-state index is 12.2. The number of carbonyl (C=O) groups is 2. The van der Waals surface area contributed by atoms with Crippen LogP contribution in [0.2, 0.25) is 0 Å². The van der Waals surface area contributed by atoms with Gasteiger partial charge >= 0.3 is 0 Å². The van der Waals surface area contributed by atoms with Crippen molar-refractivity contribution in [1.29, 1.82) is 0 Å². The highest BCUT2D eigenvalue weighted by Crippen LogP contribution is 2.21. The van der Waals surface area contributed by atoms with Crippen LogP contribution in [0.5, 0.6) is 0 Å². The number of nitrogens with two attached hydrogens (primary N) is 1. The van der Waals surface area contributed by atoms with E-state index < -0.39 is 6.04 Å². The van der Waals surface area contributed by atoms with Gasteiger partial charge in [0.25, 0.3) is 0 Å². The lowest BCUT2D eigenvalue weighted by molar-refractivity contribution is -0.131. The predicted octanol–water partition coefficient (Wildman–Crippen LogP) is 1.49. The zero-order valence-electron chi connectivity index (χ0n) is 13.9. The maximum Gasteiger partial charge on any atom is 0.237 e. The first-order chi connectivity index (χ1) is 10.3. The summed E-state index contributed by atoms with van der Waals surface area (Å²) in [5.74, 6) is -0.119. The molecule has 1 heterocycles. The first-order valence-corrected chi connectivity index (χ1v) is 7.67. The summed E-state index contributed by atoms with van der Waals surface area (Å²) in [6.45, 7) is 6.54. The highest BCUT2D eigenvalue weighted by Gasteiger charge is 2.37. The summed E-state index contributed by atoms with van der Waals surface area (Å²) in [6, 6.07) is 8.94. The molecule has 128 valence electrons. The summed E-state index contributed by atoms with van der Waals surface area (Å²) in [5.41, 5.74) is 6.78. The van der Waals surface area contributed by atoms with Gasteiger partial charge in [-0.2, -0.15) is 0 Å². The molecule has 0 spiro atoms. The van der Waals surface area contributed by atoms with Gasteiger partial charge in [-0.25, -0.2) is 0 Å². The van der Waals surface area contributed by atoms with Gasteiger partial charge < -0.3 is 16.0 Å². The van der Waals surface area contributed by atoms with E-state index in [-0.39, 0.29) is 35.8 Å². The van der Waals surface area contributed by atoms with Crippen LogP contribution in [0.1, 0.15) is 32.8 Å². The van der Waals surface area contributed by atoms with Crippen molar-refractivity contribution in [1.82, 2.24) is 10.2 Å². The fourth-order valence-corrected chi connectivity index (χ4v) is 2.72. The molecule has 0 aliphatic carbocycles. The van der Waals surface area contributed by atoms with E-state index in [2.05, 4.69) is 5.32 Å². The predicted molar refractivity (Wildman–Crippen MR) is 93.4 cm³/mol. The van der Waals surface area contributed by atoms with Crippen LogP contribution >= 0.6 is 12.4 Å². The number of hydrogen-bond donors (Lipinski definition) is 2. The number of carbonyl (C=O) groups excluding carboxylic acids is 2. The van der Waals surface area contributed by atoms with Gasteiger partial charge in [-0.05, 0) is 32.8 Å². The fourth-order valence-electron chi connectivity index (χ4n) is 2.72. The van der Waals surface area contributed by atoms with Crippen molar-refractivity contribution in [2.45, 2.75) is 51.2 Å². The molecule has 1 aliphatic heterocycles. The monoisotopic (exact) mass is 339 g/mol. The average Bonchev–Trinajstić information content (AvgIpc) is 2.80. The summed E-state index contributed by atoms with van der Waals surface area (Å²) in [6.07, 6.45) is 0.845. The molecule has 3 N–H and O–H groups in total.